The molecule has 0 aliphatic carbocycles. The molecule has 1 heteroatoms. The molecule has 0 heterocycles. The lowest BCUT2D eigenvalue weighted by Crippen LogP contribution is -2.09. The Morgan fingerprint density at radius 1 is 1.00 bits per heavy atom. The van der Waals surface area contributed by atoms with E-state index in [1.165, 1.54) is 24.8 Å². The van der Waals surface area contributed by atoms with E-state index in [-0.39, 0.29) is 6.04 Å². The van der Waals surface area contributed by atoms with Crippen LogP contribution in [0.1, 0.15) is 51.1 Å². The summed E-state index contributed by atoms with van der Waals surface area (Å²) in [6, 6.07) is 10.6. The van der Waals surface area contributed by atoms with Crippen LogP contribution < -0.4 is 5.73 Å². The minimum atomic E-state index is 0.221. The number of rotatable bonds is 6. The number of unbranched alkanes of at least 4 members (excludes halogenated alkanes) is 1. The van der Waals surface area contributed by atoms with Crippen molar-refractivity contribution in [3.63, 3.8) is 0 Å². The Morgan fingerprint density at radius 3 is 2.20 bits per heavy atom. The molecule has 2 N–H and O–H groups in total. The van der Waals surface area contributed by atoms with Gasteiger partial charge in [0.05, 0.1) is 0 Å². The minimum absolute atomic E-state index is 0.221. The van der Waals surface area contributed by atoms with Crippen molar-refractivity contribution in [2.24, 2.45) is 11.7 Å². The first-order chi connectivity index (χ1) is 7.20. The van der Waals surface area contributed by atoms with Gasteiger partial charge in [-0.05, 0) is 17.9 Å². The zero-order chi connectivity index (χ0) is 11.1. The second-order valence-corrected chi connectivity index (χ2v) is 4.70. The predicted octanol–water partition coefficient (Wildman–Crippen LogP) is 3.90. The molecule has 15 heavy (non-hydrogen) atoms. The fourth-order valence-electron chi connectivity index (χ4n) is 1.78. The molecule has 0 radical (unpaired) electrons. The Labute approximate surface area is 93.7 Å². The van der Waals surface area contributed by atoms with E-state index in [1.807, 2.05) is 6.07 Å². The van der Waals surface area contributed by atoms with Gasteiger partial charge in [0.1, 0.15) is 0 Å². The van der Waals surface area contributed by atoms with Gasteiger partial charge < -0.3 is 5.73 Å². The Kier molecular flexibility index (Phi) is 5.41. The summed E-state index contributed by atoms with van der Waals surface area (Å²) in [5, 5.41) is 0. The number of hydrogen-bond acceptors (Lipinski definition) is 1. The third-order valence-corrected chi connectivity index (χ3v) is 2.77. The normalized spacial score (nSPS) is 13.1. The molecule has 0 saturated heterocycles. The SMILES string of the molecule is CC(C)CCCCC(N)c1ccccc1. The summed E-state index contributed by atoms with van der Waals surface area (Å²) in [7, 11) is 0. The van der Waals surface area contributed by atoms with E-state index in [4.69, 9.17) is 5.73 Å². The monoisotopic (exact) mass is 205 g/mol. The first kappa shape index (κ1) is 12.3. The summed E-state index contributed by atoms with van der Waals surface area (Å²) in [5.74, 6) is 0.818. The summed E-state index contributed by atoms with van der Waals surface area (Å²) in [4.78, 5) is 0. The molecular formula is C14H23N. The maximum atomic E-state index is 6.11. The highest BCUT2D eigenvalue weighted by molar-refractivity contribution is 5.18. The van der Waals surface area contributed by atoms with Crippen molar-refractivity contribution in [2.75, 3.05) is 0 Å². The van der Waals surface area contributed by atoms with Crippen LogP contribution in [0.15, 0.2) is 30.3 Å². The van der Waals surface area contributed by atoms with Crippen LogP contribution in [-0.2, 0) is 0 Å². The first-order valence-corrected chi connectivity index (χ1v) is 6.00. The number of nitrogens with two attached hydrogens (primary N) is 1. The molecular weight excluding hydrogens is 182 g/mol. The van der Waals surface area contributed by atoms with Gasteiger partial charge in [-0.25, -0.2) is 0 Å². The van der Waals surface area contributed by atoms with Crippen LogP contribution in [0.2, 0.25) is 0 Å². The van der Waals surface area contributed by atoms with E-state index in [9.17, 15) is 0 Å². The summed E-state index contributed by atoms with van der Waals surface area (Å²) >= 11 is 0. The smallest absolute Gasteiger partial charge is 0.0294 e. The molecule has 1 rings (SSSR count). The Bertz CT molecular complexity index is 253. The molecule has 0 aromatic heterocycles. The minimum Gasteiger partial charge on any atom is -0.324 e. The lowest BCUT2D eigenvalue weighted by Gasteiger charge is -2.12. The number of hydrogen-bond donors (Lipinski definition) is 1. The fourth-order valence-corrected chi connectivity index (χ4v) is 1.78. The maximum Gasteiger partial charge on any atom is 0.0294 e. The van der Waals surface area contributed by atoms with Crippen LogP contribution in [0.4, 0.5) is 0 Å². The van der Waals surface area contributed by atoms with Crippen molar-refractivity contribution in [3.05, 3.63) is 35.9 Å². The van der Waals surface area contributed by atoms with Gasteiger partial charge >= 0.3 is 0 Å². The van der Waals surface area contributed by atoms with Crippen molar-refractivity contribution in [3.8, 4) is 0 Å². The van der Waals surface area contributed by atoms with Gasteiger partial charge in [-0.2, -0.15) is 0 Å². The van der Waals surface area contributed by atoms with E-state index >= 15 is 0 Å². The average molecular weight is 205 g/mol. The first-order valence-electron chi connectivity index (χ1n) is 6.00. The molecule has 0 saturated carbocycles. The lowest BCUT2D eigenvalue weighted by molar-refractivity contribution is 0.504. The molecule has 1 atom stereocenters. The topological polar surface area (TPSA) is 26.0 Å². The van der Waals surface area contributed by atoms with Gasteiger partial charge in [0, 0.05) is 6.04 Å². The summed E-state index contributed by atoms with van der Waals surface area (Å²) in [5.41, 5.74) is 7.38. The average Bonchev–Trinajstić information content (AvgIpc) is 2.25. The molecule has 0 amide bonds. The molecule has 0 fully saturated rings. The van der Waals surface area contributed by atoms with Gasteiger partial charge in [0.15, 0.2) is 0 Å². The van der Waals surface area contributed by atoms with Gasteiger partial charge in [-0.15, -0.1) is 0 Å². The molecule has 84 valence electrons. The maximum absolute atomic E-state index is 6.11. The summed E-state index contributed by atoms with van der Waals surface area (Å²) in [6.07, 6.45) is 4.98. The zero-order valence-electron chi connectivity index (χ0n) is 9.95. The van der Waals surface area contributed by atoms with Crippen LogP contribution in [0.25, 0.3) is 0 Å². The highest BCUT2D eigenvalue weighted by atomic mass is 14.6. The lowest BCUT2D eigenvalue weighted by atomic mass is 9.99. The van der Waals surface area contributed by atoms with E-state index in [0.29, 0.717) is 0 Å². The van der Waals surface area contributed by atoms with E-state index < -0.39 is 0 Å². The van der Waals surface area contributed by atoms with Crippen LogP contribution in [0.5, 0.6) is 0 Å². The molecule has 0 aliphatic rings. The Hall–Kier alpha value is -0.820. The highest BCUT2D eigenvalue weighted by Crippen LogP contribution is 2.17. The summed E-state index contributed by atoms with van der Waals surface area (Å²) < 4.78 is 0. The fraction of sp³-hybridized carbons (Fsp3) is 0.571. The highest BCUT2D eigenvalue weighted by Gasteiger charge is 2.04. The Balaban J connectivity index is 2.22. The molecule has 0 bridgehead atoms. The number of benzene rings is 1. The summed E-state index contributed by atoms with van der Waals surface area (Å²) in [6.45, 7) is 4.55. The predicted molar refractivity (Wildman–Crippen MR) is 66.7 cm³/mol. The largest absolute Gasteiger partial charge is 0.324 e. The van der Waals surface area contributed by atoms with Crippen LogP contribution in [0, 0.1) is 5.92 Å². The van der Waals surface area contributed by atoms with E-state index in [0.717, 1.165) is 12.3 Å². The molecule has 1 aromatic rings. The molecule has 1 unspecified atom stereocenters. The van der Waals surface area contributed by atoms with Gasteiger partial charge in [-0.1, -0.05) is 63.4 Å². The van der Waals surface area contributed by atoms with Gasteiger partial charge in [0.2, 0.25) is 0 Å². The van der Waals surface area contributed by atoms with Crippen LogP contribution in [0.3, 0.4) is 0 Å². The van der Waals surface area contributed by atoms with Crippen molar-refractivity contribution >= 4 is 0 Å². The van der Waals surface area contributed by atoms with Crippen molar-refractivity contribution in [2.45, 2.75) is 45.6 Å². The second-order valence-electron chi connectivity index (χ2n) is 4.70. The molecule has 1 aromatic carbocycles. The van der Waals surface area contributed by atoms with E-state index in [2.05, 4.69) is 38.1 Å². The second kappa shape index (κ2) is 6.62. The van der Waals surface area contributed by atoms with Crippen molar-refractivity contribution < 1.29 is 0 Å². The standard InChI is InChI=1S/C14H23N/c1-12(2)8-6-7-11-14(15)13-9-4-3-5-10-13/h3-5,9-10,12,14H,6-8,11,15H2,1-2H3. The van der Waals surface area contributed by atoms with Crippen LogP contribution >= 0.6 is 0 Å². The quantitative estimate of drug-likeness (QED) is 0.700. The van der Waals surface area contributed by atoms with Crippen LogP contribution in [-0.4, -0.2) is 0 Å². The molecule has 0 aliphatic heterocycles. The third-order valence-electron chi connectivity index (χ3n) is 2.77. The molecule has 1 nitrogen and oxygen atoms in total. The van der Waals surface area contributed by atoms with Gasteiger partial charge in [-0.3, -0.25) is 0 Å². The molecule has 0 spiro atoms. The Morgan fingerprint density at radius 2 is 1.60 bits per heavy atom. The van der Waals surface area contributed by atoms with Gasteiger partial charge in [0.25, 0.3) is 0 Å². The third kappa shape index (κ3) is 4.98. The van der Waals surface area contributed by atoms with Crippen molar-refractivity contribution in [1.82, 2.24) is 0 Å². The van der Waals surface area contributed by atoms with E-state index in [1.54, 1.807) is 0 Å². The zero-order valence-corrected chi connectivity index (χ0v) is 9.95. The van der Waals surface area contributed by atoms with Crippen molar-refractivity contribution in [1.29, 1.82) is 0 Å².